The summed E-state index contributed by atoms with van der Waals surface area (Å²) in [6.07, 6.45) is 1.03. The Bertz CT molecular complexity index is 946. The van der Waals surface area contributed by atoms with Gasteiger partial charge in [0.25, 0.3) is 5.91 Å². The van der Waals surface area contributed by atoms with Gasteiger partial charge in [-0.3, -0.25) is 9.59 Å². The van der Waals surface area contributed by atoms with Crippen molar-refractivity contribution in [3.05, 3.63) is 57.8 Å². The van der Waals surface area contributed by atoms with Gasteiger partial charge < -0.3 is 9.64 Å². The number of nitrogens with zero attached hydrogens (tertiary/aromatic N) is 3. The molecule has 1 unspecified atom stereocenters. The van der Waals surface area contributed by atoms with Crippen LogP contribution in [0.4, 0.5) is 0 Å². The van der Waals surface area contributed by atoms with E-state index in [0.717, 1.165) is 16.2 Å². The second-order valence-electron chi connectivity index (χ2n) is 9.44. The number of benzene rings is 1. The fourth-order valence-electron chi connectivity index (χ4n) is 3.67. The van der Waals surface area contributed by atoms with Crippen LogP contribution >= 0.6 is 11.3 Å². The SMILES string of the molecule is COCCN(CC(=O)N1N=C(c2cccs2)CC1c1ccc(C)cc1)C(=O)CC(C)(C)C. The van der Waals surface area contributed by atoms with Crippen LogP contribution in [-0.4, -0.2) is 54.2 Å². The first-order chi connectivity index (χ1) is 15.2. The number of carbonyl (C=O) groups excluding carboxylic acids is 2. The highest BCUT2D eigenvalue weighted by atomic mass is 32.1. The molecule has 0 spiro atoms. The van der Waals surface area contributed by atoms with Crippen molar-refractivity contribution in [2.75, 3.05) is 26.8 Å². The van der Waals surface area contributed by atoms with Crippen molar-refractivity contribution < 1.29 is 14.3 Å². The lowest BCUT2D eigenvalue weighted by atomic mass is 9.91. The van der Waals surface area contributed by atoms with Crippen LogP contribution in [0.1, 0.15) is 55.7 Å². The van der Waals surface area contributed by atoms with Crippen molar-refractivity contribution in [2.45, 2.75) is 46.6 Å². The number of thiophene rings is 1. The highest BCUT2D eigenvalue weighted by molar-refractivity contribution is 7.12. The molecule has 0 aliphatic carbocycles. The van der Waals surface area contributed by atoms with Crippen LogP contribution in [0.15, 0.2) is 46.9 Å². The van der Waals surface area contributed by atoms with Crippen molar-refractivity contribution in [2.24, 2.45) is 10.5 Å². The van der Waals surface area contributed by atoms with E-state index in [9.17, 15) is 9.59 Å². The Hall–Kier alpha value is -2.51. The number of ether oxygens (including phenoxy) is 1. The van der Waals surface area contributed by atoms with E-state index in [-0.39, 0.29) is 29.8 Å². The largest absolute Gasteiger partial charge is 0.383 e. The number of rotatable bonds is 8. The summed E-state index contributed by atoms with van der Waals surface area (Å²) in [6.45, 7) is 8.85. The molecule has 2 heterocycles. The molecule has 0 fully saturated rings. The zero-order valence-electron chi connectivity index (χ0n) is 19.6. The zero-order valence-corrected chi connectivity index (χ0v) is 20.4. The van der Waals surface area contributed by atoms with E-state index in [0.29, 0.717) is 26.0 Å². The maximum atomic E-state index is 13.4. The third kappa shape index (κ3) is 6.26. The fourth-order valence-corrected chi connectivity index (χ4v) is 4.40. The third-order valence-electron chi connectivity index (χ3n) is 5.36. The minimum absolute atomic E-state index is 0.0120. The predicted molar refractivity (Wildman–Crippen MR) is 129 cm³/mol. The normalized spacial score (nSPS) is 16.2. The highest BCUT2D eigenvalue weighted by Gasteiger charge is 2.35. The number of aryl methyl sites for hydroxylation is 1. The molecule has 2 amide bonds. The number of hydrogen-bond donors (Lipinski definition) is 0. The maximum Gasteiger partial charge on any atom is 0.262 e. The zero-order chi connectivity index (χ0) is 23.3. The Labute approximate surface area is 194 Å². The summed E-state index contributed by atoms with van der Waals surface area (Å²) >= 11 is 1.62. The molecule has 0 radical (unpaired) electrons. The van der Waals surface area contributed by atoms with Crippen LogP contribution in [-0.2, 0) is 14.3 Å². The second-order valence-corrected chi connectivity index (χ2v) is 10.4. The first-order valence-electron chi connectivity index (χ1n) is 10.9. The topological polar surface area (TPSA) is 62.2 Å². The van der Waals surface area contributed by atoms with Crippen molar-refractivity contribution >= 4 is 28.9 Å². The Kier molecular flexibility index (Phi) is 7.85. The van der Waals surface area contributed by atoms with Crippen LogP contribution in [0.25, 0.3) is 0 Å². The van der Waals surface area contributed by atoms with Crippen LogP contribution in [0, 0.1) is 12.3 Å². The maximum absolute atomic E-state index is 13.4. The van der Waals surface area contributed by atoms with E-state index in [1.54, 1.807) is 28.4 Å². The standard InChI is InChI=1S/C25H33N3O3S/c1-18-8-10-19(11-9-18)21-15-20(22-7-6-14-32-22)26-28(21)24(30)17-27(12-13-31-5)23(29)16-25(2,3)4/h6-11,14,21H,12-13,15-17H2,1-5H3. The summed E-state index contributed by atoms with van der Waals surface area (Å²) in [5.41, 5.74) is 2.96. The summed E-state index contributed by atoms with van der Waals surface area (Å²) in [7, 11) is 1.60. The van der Waals surface area contributed by atoms with Gasteiger partial charge in [-0.1, -0.05) is 56.7 Å². The average Bonchev–Trinajstić information content (AvgIpc) is 3.40. The Morgan fingerprint density at radius 1 is 1.22 bits per heavy atom. The summed E-state index contributed by atoms with van der Waals surface area (Å²) in [4.78, 5) is 29.0. The van der Waals surface area contributed by atoms with E-state index in [1.165, 1.54) is 5.56 Å². The molecule has 0 saturated carbocycles. The number of hydrogen-bond acceptors (Lipinski definition) is 5. The first-order valence-corrected chi connectivity index (χ1v) is 11.8. The van der Waals surface area contributed by atoms with Crippen molar-refractivity contribution in [1.29, 1.82) is 0 Å². The molecule has 1 aliphatic heterocycles. The van der Waals surface area contributed by atoms with Crippen LogP contribution in [0.3, 0.4) is 0 Å². The number of carbonyl (C=O) groups is 2. The fraction of sp³-hybridized carbons (Fsp3) is 0.480. The third-order valence-corrected chi connectivity index (χ3v) is 6.28. The van der Waals surface area contributed by atoms with E-state index < -0.39 is 0 Å². The van der Waals surface area contributed by atoms with Gasteiger partial charge in [-0.25, -0.2) is 5.01 Å². The Balaban J connectivity index is 1.84. The van der Waals surface area contributed by atoms with E-state index in [4.69, 9.17) is 9.84 Å². The summed E-state index contributed by atoms with van der Waals surface area (Å²) in [6, 6.07) is 12.1. The molecule has 0 saturated heterocycles. The Morgan fingerprint density at radius 3 is 2.53 bits per heavy atom. The van der Waals surface area contributed by atoms with Gasteiger partial charge in [0.15, 0.2) is 0 Å². The van der Waals surface area contributed by atoms with Crippen molar-refractivity contribution in [1.82, 2.24) is 9.91 Å². The molecule has 1 aromatic heterocycles. The lowest BCUT2D eigenvalue weighted by Crippen LogP contribution is -2.43. The lowest BCUT2D eigenvalue weighted by molar-refractivity contribution is -0.143. The van der Waals surface area contributed by atoms with Gasteiger partial charge >= 0.3 is 0 Å². The summed E-state index contributed by atoms with van der Waals surface area (Å²) in [5.74, 6) is -0.225. The lowest BCUT2D eigenvalue weighted by Gasteiger charge is -2.29. The number of hydrazone groups is 1. The molecule has 1 aromatic carbocycles. The van der Waals surface area contributed by atoms with Crippen LogP contribution in [0.5, 0.6) is 0 Å². The van der Waals surface area contributed by atoms with Gasteiger partial charge in [-0.2, -0.15) is 5.10 Å². The van der Waals surface area contributed by atoms with E-state index in [2.05, 4.69) is 24.3 Å². The van der Waals surface area contributed by atoms with Crippen LogP contribution < -0.4 is 0 Å². The molecule has 172 valence electrons. The Morgan fingerprint density at radius 2 is 1.94 bits per heavy atom. The predicted octanol–water partition coefficient (Wildman–Crippen LogP) is 4.65. The van der Waals surface area contributed by atoms with E-state index >= 15 is 0 Å². The van der Waals surface area contributed by atoms with E-state index in [1.807, 2.05) is 45.2 Å². The van der Waals surface area contributed by atoms with Gasteiger partial charge in [0.1, 0.15) is 6.54 Å². The molecule has 7 heteroatoms. The molecular weight excluding hydrogens is 422 g/mol. The minimum atomic E-state index is -0.180. The first kappa shape index (κ1) is 24.1. The minimum Gasteiger partial charge on any atom is -0.383 e. The second kappa shape index (κ2) is 10.4. The molecule has 3 rings (SSSR count). The highest BCUT2D eigenvalue weighted by Crippen LogP contribution is 2.34. The van der Waals surface area contributed by atoms with Gasteiger partial charge in [-0.15, -0.1) is 11.3 Å². The van der Waals surface area contributed by atoms with Crippen LogP contribution in [0.2, 0.25) is 0 Å². The van der Waals surface area contributed by atoms with Crippen molar-refractivity contribution in [3.8, 4) is 0 Å². The number of amides is 2. The average molecular weight is 456 g/mol. The molecule has 32 heavy (non-hydrogen) atoms. The van der Waals surface area contributed by atoms with Gasteiger partial charge in [0.2, 0.25) is 5.91 Å². The van der Waals surface area contributed by atoms with Gasteiger partial charge in [0.05, 0.1) is 23.2 Å². The van der Waals surface area contributed by atoms with Gasteiger partial charge in [-0.05, 0) is 29.3 Å². The quantitative estimate of drug-likeness (QED) is 0.582. The molecule has 0 N–H and O–H groups in total. The number of methoxy groups -OCH3 is 1. The van der Waals surface area contributed by atoms with Gasteiger partial charge in [0, 0.05) is 26.5 Å². The molecule has 6 nitrogen and oxygen atoms in total. The van der Waals surface area contributed by atoms with Crippen molar-refractivity contribution in [3.63, 3.8) is 0 Å². The smallest absolute Gasteiger partial charge is 0.262 e. The molecule has 2 aromatic rings. The molecule has 1 aliphatic rings. The molecule has 1 atom stereocenters. The summed E-state index contributed by atoms with van der Waals surface area (Å²) in [5, 5.41) is 8.31. The molecule has 0 bridgehead atoms. The monoisotopic (exact) mass is 455 g/mol. The molecular formula is C25H33N3O3S. The summed E-state index contributed by atoms with van der Waals surface area (Å²) < 4.78 is 5.18.